The first-order chi connectivity index (χ1) is 13.8. The fourth-order valence-corrected chi connectivity index (χ4v) is 5.30. The number of hydrogen-bond donors (Lipinski definition) is 1. The zero-order valence-corrected chi connectivity index (χ0v) is 19.8. The molecule has 4 rings (SSSR count). The summed E-state index contributed by atoms with van der Waals surface area (Å²) >= 11 is 7.05. The van der Waals surface area contributed by atoms with Crippen LogP contribution in [0.4, 0.5) is 5.69 Å². The SMILES string of the molecule is CCc1cc(Br)cc(CC)c1NC(=O)c1cn2c3c(cc(Br)cc3c1=O)C[C@@H]2C. The number of carbonyl (C=O) groups is 1. The lowest BCUT2D eigenvalue weighted by atomic mass is 10.0. The van der Waals surface area contributed by atoms with E-state index in [-0.39, 0.29) is 22.9 Å². The fourth-order valence-electron chi connectivity index (χ4n) is 4.25. The zero-order chi connectivity index (χ0) is 20.9. The molecule has 0 unspecified atom stereocenters. The van der Waals surface area contributed by atoms with Gasteiger partial charge in [0.25, 0.3) is 5.91 Å². The van der Waals surface area contributed by atoms with Crippen molar-refractivity contribution in [3.63, 3.8) is 0 Å². The van der Waals surface area contributed by atoms with Crippen molar-refractivity contribution in [3.05, 3.63) is 71.9 Å². The van der Waals surface area contributed by atoms with E-state index in [1.54, 1.807) is 6.20 Å². The van der Waals surface area contributed by atoms with Gasteiger partial charge in [-0.05, 0) is 67.1 Å². The van der Waals surface area contributed by atoms with E-state index in [2.05, 4.69) is 68.6 Å². The van der Waals surface area contributed by atoms with Crippen molar-refractivity contribution in [2.75, 3.05) is 5.32 Å². The molecule has 3 aromatic rings. The Hall–Kier alpha value is -1.92. The molecule has 0 fully saturated rings. The summed E-state index contributed by atoms with van der Waals surface area (Å²) in [6, 6.07) is 8.13. The number of aromatic nitrogens is 1. The van der Waals surface area contributed by atoms with E-state index in [1.807, 2.05) is 18.2 Å². The number of carbonyl (C=O) groups excluding carboxylic acids is 1. The van der Waals surface area contributed by atoms with Crippen molar-refractivity contribution in [1.29, 1.82) is 0 Å². The van der Waals surface area contributed by atoms with Gasteiger partial charge in [-0.15, -0.1) is 0 Å². The molecule has 0 bridgehead atoms. The van der Waals surface area contributed by atoms with Gasteiger partial charge in [0.2, 0.25) is 5.43 Å². The lowest BCUT2D eigenvalue weighted by Gasteiger charge is -2.17. The number of nitrogens with zero attached hydrogens (tertiary/aromatic N) is 1. The monoisotopic (exact) mass is 516 g/mol. The maximum Gasteiger partial charge on any atom is 0.261 e. The molecule has 0 spiro atoms. The first-order valence-corrected chi connectivity index (χ1v) is 11.4. The average Bonchev–Trinajstić information content (AvgIpc) is 3.00. The van der Waals surface area contributed by atoms with Gasteiger partial charge < -0.3 is 9.88 Å². The normalized spacial score (nSPS) is 15.1. The Balaban J connectivity index is 1.85. The number of halogens is 2. The van der Waals surface area contributed by atoms with Crippen LogP contribution in [0.3, 0.4) is 0 Å². The smallest absolute Gasteiger partial charge is 0.261 e. The molecule has 0 radical (unpaired) electrons. The molecule has 2 aromatic carbocycles. The number of amides is 1. The van der Waals surface area contributed by atoms with Crippen LogP contribution in [0.15, 0.2) is 44.2 Å². The third-order valence-corrected chi connectivity index (χ3v) is 6.59. The molecule has 2 heterocycles. The fraction of sp³-hybridized carbons (Fsp3) is 0.304. The van der Waals surface area contributed by atoms with Gasteiger partial charge in [0.1, 0.15) is 5.56 Å². The Morgan fingerprint density at radius 3 is 2.34 bits per heavy atom. The molecule has 6 heteroatoms. The third kappa shape index (κ3) is 3.46. The highest BCUT2D eigenvalue weighted by Gasteiger charge is 2.25. The number of benzene rings is 2. The lowest BCUT2D eigenvalue weighted by molar-refractivity contribution is 0.102. The molecule has 4 nitrogen and oxygen atoms in total. The highest BCUT2D eigenvalue weighted by Crippen LogP contribution is 2.34. The Kier molecular flexibility index (Phi) is 5.42. The Labute approximate surface area is 186 Å². The second kappa shape index (κ2) is 7.73. The highest BCUT2D eigenvalue weighted by atomic mass is 79.9. The van der Waals surface area contributed by atoms with Crippen molar-refractivity contribution in [2.24, 2.45) is 0 Å². The van der Waals surface area contributed by atoms with E-state index < -0.39 is 0 Å². The van der Waals surface area contributed by atoms with E-state index in [4.69, 9.17) is 0 Å². The van der Waals surface area contributed by atoms with Crippen molar-refractivity contribution < 1.29 is 4.79 Å². The maximum absolute atomic E-state index is 13.2. The number of rotatable bonds is 4. The van der Waals surface area contributed by atoms with Gasteiger partial charge in [-0.25, -0.2) is 0 Å². The van der Waals surface area contributed by atoms with Gasteiger partial charge in [-0.1, -0.05) is 45.7 Å². The Bertz CT molecular complexity index is 1190. The van der Waals surface area contributed by atoms with Crippen molar-refractivity contribution in [2.45, 2.75) is 46.1 Å². The van der Waals surface area contributed by atoms with E-state index in [1.165, 1.54) is 0 Å². The number of aryl methyl sites for hydroxylation is 2. The van der Waals surface area contributed by atoms with Crippen LogP contribution < -0.4 is 10.7 Å². The van der Waals surface area contributed by atoms with E-state index in [9.17, 15) is 9.59 Å². The summed E-state index contributed by atoms with van der Waals surface area (Å²) in [6.07, 6.45) is 4.16. The van der Waals surface area contributed by atoms with Crippen LogP contribution in [0.1, 0.15) is 53.9 Å². The summed E-state index contributed by atoms with van der Waals surface area (Å²) in [5, 5.41) is 3.63. The van der Waals surface area contributed by atoms with Crippen molar-refractivity contribution >= 4 is 54.4 Å². The van der Waals surface area contributed by atoms with Crippen LogP contribution in [-0.4, -0.2) is 10.5 Å². The molecule has 0 saturated heterocycles. The minimum absolute atomic E-state index is 0.183. The minimum atomic E-state index is -0.354. The van der Waals surface area contributed by atoms with E-state index in [0.717, 1.165) is 56.1 Å². The van der Waals surface area contributed by atoms with Crippen LogP contribution in [0.5, 0.6) is 0 Å². The molecule has 0 saturated carbocycles. The van der Waals surface area contributed by atoms with Gasteiger partial charge >= 0.3 is 0 Å². The van der Waals surface area contributed by atoms with Crippen molar-refractivity contribution in [3.8, 4) is 0 Å². The molecule has 0 aliphatic carbocycles. The van der Waals surface area contributed by atoms with Gasteiger partial charge in [-0.3, -0.25) is 9.59 Å². The highest BCUT2D eigenvalue weighted by molar-refractivity contribution is 9.10. The number of pyridine rings is 1. The number of anilines is 1. The minimum Gasteiger partial charge on any atom is -0.343 e. The van der Waals surface area contributed by atoms with Crippen LogP contribution in [0.25, 0.3) is 10.9 Å². The predicted octanol–water partition coefficient (Wildman–Crippen LogP) is 6.02. The summed E-state index contributed by atoms with van der Waals surface area (Å²) in [7, 11) is 0. The molecule has 1 aliphatic rings. The van der Waals surface area contributed by atoms with E-state index >= 15 is 0 Å². The summed E-state index contributed by atoms with van der Waals surface area (Å²) in [6.45, 7) is 6.23. The second-order valence-corrected chi connectivity index (χ2v) is 9.39. The lowest BCUT2D eigenvalue weighted by Crippen LogP contribution is -2.24. The molecule has 1 amide bonds. The first kappa shape index (κ1) is 20.4. The van der Waals surface area contributed by atoms with Gasteiger partial charge in [0, 0.05) is 32.3 Å². The molecule has 1 aliphatic heterocycles. The van der Waals surface area contributed by atoms with E-state index in [0.29, 0.717) is 5.39 Å². The standard InChI is InChI=1S/C23H22Br2N2O2/c1-4-13-7-16(24)8-14(5-2)20(13)26-23(29)19-11-27-12(3)6-15-9-17(25)10-18(21(15)27)22(19)28/h7-12H,4-6H2,1-3H3,(H,26,29)/t12-/m0/s1. The number of nitrogens with one attached hydrogen (secondary N) is 1. The van der Waals surface area contributed by atoms with Crippen LogP contribution in [0.2, 0.25) is 0 Å². The molecule has 1 aromatic heterocycles. The average molecular weight is 518 g/mol. The summed E-state index contributed by atoms with van der Waals surface area (Å²) in [5.41, 5.74) is 4.95. The molecule has 1 atom stereocenters. The van der Waals surface area contributed by atoms with Crippen LogP contribution >= 0.6 is 31.9 Å². The third-order valence-electron chi connectivity index (χ3n) is 5.67. The first-order valence-electron chi connectivity index (χ1n) is 9.83. The molecule has 1 N–H and O–H groups in total. The van der Waals surface area contributed by atoms with Crippen molar-refractivity contribution in [1.82, 2.24) is 4.57 Å². The van der Waals surface area contributed by atoms with Gasteiger partial charge in [0.05, 0.1) is 5.52 Å². The molecule has 150 valence electrons. The largest absolute Gasteiger partial charge is 0.343 e. The second-order valence-electron chi connectivity index (χ2n) is 7.55. The Morgan fingerprint density at radius 2 is 1.72 bits per heavy atom. The summed E-state index contributed by atoms with van der Waals surface area (Å²) in [4.78, 5) is 26.4. The maximum atomic E-state index is 13.2. The Morgan fingerprint density at radius 1 is 1.10 bits per heavy atom. The quantitative estimate of drug-likeness (QED) is 0.460. The zero-order valence-electron chi connectivity index (χ0n) is 16.6. The molecule has 29 heavy (non-hydrogen) atoms. The predicted molar refractivity (Wildman–Crippen MR) is 125 cm³/mol. The van der Waals surface area contributed by atoms with Gasteiger partial charge in [0.15, 0.2) is 0 Å². The number of hydrogen-bond acceptors (Lipinski definition) is 2. The topological polar surface area (TPSA) is 51.1 Å². The van der Waals surface area contributed by atoms with Crippen LogP contribution in [0, 0.1) is 0 Å². The summed E-state index contributed by atoms with van der Waals surface area (Å²) in [5.74, 6) is -0.354. The summed E-state index contributed by atoms with van der Waals surface area (Å²) < 4.78 is 3.93. The van der Waals surface area contributed by atoms with Gasteiger partial charge in [-0.2, -0.15) is 0 Å². The molecular weight excluding hydrogens is 496 g/mol. The molecular formula is C23H22Br2N2O2. The van der Waals surface area contributed by atoms with Crippen LogP contribution in [-0.2, 0) is 19.3 Å².